The molecule has 0 saturated carbocycles. The number of carbonyl (C=O) groups is 2. The zero-order chi connectivity index (χ0) is 19.6. The summed E-state index contributed by atoms with van der Waals surface area (Å²) in [7, 11) is 0. The number of ether oxygens (including phenoxy) is 1. The number of hydrogen-bond donors (Lipinski definition) is 1. The van der Waals surface area contributed by atoms with Crippen LogP contribution in [0.3, 0.4) is 0 Å². The summed E-state index contributed by atoms with van der Waals surface area (Å²) < 4.78 is 7.07. The van der Waals surface area contributed by atoms with Crippen molar-refractivity contribution in [3.8, 4) is 11.6 Å². The minimum absolute atomic E-state index is 0.00470. The number of aromatic nitrogens is 1. The topological polar surface area (TPSA) is 104 Å². The summed E-state index contributed by atoms with van der Waals surface area (Å²) in [6.07, 6.45) is 2.89. The number of thiazole rings is 1. The van der Waals surface area contributed by atoms with Gasteiger partial charge in [0, 0.05) is 29.7 Å². The first-order valence-electron chi connectivity index (χ1n) is 8.11. The van der Waals surface area contributed by atoms with E-state index in [1.165, 1.54) is 10.6 Å². The second-order valence-electron chi connectivity index (χ2n) is 5.64. The highest BCUT2D eigenvalue weighted by Crippen LogP contribution is 2.29. The molecule has 1 N–H and O–H groups in total. The van der Waals surface area contributed by atoms with Gasteiger partial charge in [0.1, 0.15) is 5.75 Å². The molecule has 27 heavy (non-hydrogen) atoms. The standard InChI is InChI=1S/C18H16N2O5S2/c1-2-25-12-3-4-13-10(8-12)7-11(16(23)19-13)9-14-17(24)20(18(26)27-14)6-5-15(21)22/h3-4,7-9,24H,2,5-6H2,1H3,(H,21,22)/p-1/b11-9+. The maximum absolute atomic E-state index is 12.3. The van der Waals surface area contributed by atoms with E-state index < -0.39 is 11.9 Å². The van der Waals surface area contributed by atoms with Crippen LogP contribution in [0.1, 0.15) is 18.2 Å². The molecule has 3 rings (SSSR count). The summed E-state index contributed by atoms with van der Waals surface area (Å²) in [4.78, 5) is 27.3. The van der Waals surface area contributed by atoms with Crippen LogP contribution < -0.4 is 20.4 Å². The molecule has 2 aromatic rings. The number of aliphatic carboxylic acids is 1. The monoisotopic (exact) mass is 403 g/mol. The lowest BCUT2D eigenvalue weighted by molar-refractivity contribution is -0.305. The van der Waals surface area contributed by atoms with Crippen LogP contribution in [0, 0.1) is 3.95 Å². The molecule has 9 heteroatoms. The van der Waals surface area contributed by atoms with Gasteiger partial charge in [-0.1, -0.05) is 0 Å². The third-order valence-corrected chi connectivity index (χ3v) is 5.20. The minimum Gasteiger partial charge on any atom is -0.550 e. The molecule has 1 aromatic heterocycles. The number of hydrogen-bond acceptors (Lipinski definition) is 7. The third-order valence-electron chi connectivity index (χ3n) is 3.81. The fourth-order valence-corrected chi connectivity index (χ4v) is 3.87. The van der Waals surface area contributed by atoms with E-state index in [4.69, 9.17) is 17.0 Å². The number of fused-ring (bicyclic) bond motifs is 1. The van der Waals surface area contributed by atoms with Gasteiger partial charge in [0.05, 0.1) is 16.8 Å². The zero-order valence-electron chi connectivity index (χ0n) is 14.3. The Hall–Kier alpha value is -2.78. The second kappa shape index (κ2) is 7.85. The Bertz CT molecular complexity index is 1130. The van der Waals surface area contributed by atoms with Gasteiger partial charge in [-0.2, -0.15) is 0 Å². The first kappa shape index (κ1) is 19.0. The molecule has 1 aromatic carbocycles. The van der Waals surface area contributed by atoms with Gasteiger partial charge >= 0.3 is 0 Å². The lowest BCUT2D eigenvalue weighted by Crippen LogP contribution is -2.30. The van der Waals surface area contributed by atoms with Crippen LogP contribution in [0.4, 0.5) is 0 Å². The van der Waals surface area contributed by atoms with Gasteiger partial charge in [-0.3, -0.25) is 9.36 Å². The summed E-state index contributed by atoms with van der Waals surface area (Å²) in [6.45, 7) is 2.40. The smallest absolute Gasteiger partial charge is 0.277 e. The maximum atomic E-state index is 12.3. The van der Waals surface area contributed by atoms with Gasteiger partial charge in [-0.05, 0) is 49.5 Å². The molecular weight excluding hydrogens is 388 g/mol. The van der Waals surface area contributed by atoms with Crippen LogP contribution in [-0.4, -0.2) is 28.2 Å². The van der Waals surface area contributed by atoms with Gasteiger partial charge in [0.25, 0.3) is 5.91 Å². The molecule has 0 fully saturated rings. The highest BCUT2D eigenvalue weighted by molar-refractivity contribution is 7.73. The predicted octanol–water partition coefficient (Wildman–Crippen LogP) is 0.547. The lowest BCUT2D eigenvalue weighted by Gasteiger charge is -2.07. The molecule has 0 spiro atoms. The first-order chi connectivity index (χ1) is 12.9. The van der Waals surface area contributed by atoms with E-state index in [9.17, 15) is 19.8 Å². The zero-order valence-corrected chi connectivity index (χ0v) is 15.9. The summed E-state index contributed by atoms with van der Waals surface area (Å²) in [5, 5.41) is 22.2. The summed E-state index contributed by atoms with van der Waals surface area (Å²) >= 11 is 6.24. The van der Waals surface area contributed by atoms with Crippen molar-refractivity contribution in [3.63, 3.8) is 0 Å². The molecule has 0 aliphatic carbocycles. The van der Waals surface area contributed by atoms with E-state index in [1.807, 2.05) is 6.92 Å². The lowest BCUT2D eigenvalue weighted by atomic mass is 10.1. The summed E-state index contributed by atoms with van der Waals surface area (Å²) in [5.74, 6) is -1.19. The number of carbonyl (C=O) groups excluding carboxylic acids is 2. The van der Waals surface area contributed by atoms with Crippen molar-refractivity contribution in [2.45, 2.75) is 19.9 Å². The van der Waals surface area contributed by atoms with E-state index in [0.717, 1.165) is 16.6 Å². The minimum atomic E-state index is -1.24. The van der Waals surface area contributed by atoms with Crippen LogP contribution in [0.5, 0.6) is 11.6 Å². The quantitative estimate of drug-likeness (QED) is 0.558. The van der Waals surface area contributed by atoms with Crippen molar-refractivity contribution < 1.29 is 24.5 Å². The summed E-state index contributed by atoms with van der Waals surface area (Å²) in [6, 6.07) is 5.25. The Balaban J connectivity index is 2.01. The molecule has 7 nitrogen and oxygen atoms in total. The Morgan fingerprint density at radius 1 is 1.48 bits per heavy atom. The van der Waals surface area contributed by atoms with Crippen molar-refractivity contribution in [1.82, 2.24) is 4.57 Å². The second-order valence-corrected chi connectivity index (χ2v) is 7.32. The van der Waals surface area contributed by atoms with Crippen molar-refractivity contribution in [2.24, 2.45) is 4.99 Å². The number of amides is 1. The molecule has 1 aliphatic rings. The SMILES string of the molecule is CCOc1ccc2c(c1)=C/C(=C\c1sc(=S)n(CCC(=O)[O-])c1O)C(=O)N=2. The number of benzene rings is 1. The Morgan fingerprint density at radius 3 is 2.96 bits per heavy atom. The maximum Gasteiger partial charge on any atom is 0.277 e. The largest absolute Gasteiger partial charge is 0.550 e. The van der Waals surface area contributed by atoms with Crippen LogP contribution in [-0.2, 0) is 16.1 Å². The molecule has 1 amide bonds. The number of nitrogens with zero attached hydrogens (tertiary/aromatic N) is 2. The molecular formula is C18H15N2O5S2-. The number of carboxylic acids is 1. The van der Waals surface area contributed by atoms with Gasteiger partial charge in [0.15, 0.2) is 3.95 Å². The van der Waals surface area contributed by atoms with Crippen LogP contribution in [0.25, 0.3) is 12.2 Å². The molecule has 0 radical (unpaired) electrons. The van der Waals surface area contributed by atoms with Crippen molar-refractivity contribution >= 4 is 47.6 Å². The van der Waals surface area contributed by atoms with Crippen LogP contribution in [0.2, 0.25) is 0 Å². The highest BCUT2D eigenvalue weighted by Gasteiger charge is 2.15. The van der Waals surface area contributed by atoms with E-state index in [-0.39, 0.29) is 24.4 Å². The average Bonchev–Trinajstić information content (AvgIpc) is 2.87. The van der Waals surface area contributed by atoms with Crippen molar-refractivity contribution in [1.29, 1.82) is 0 Å². The van der Waals surface area contributed by atoms with E-state index in [1.54, 1.807) is 24.3 Å². The number of carboxylic acid groups (broad SMARTS) is 1. The fourth-order valence-electron chi connectivity index (χ4n) is 2.56. The van der Waals surface area contributed by atoms with Crippen molar-refractivity contribution in [3.05, 3.63) is 43.2 Å². The molecule has 0 atom stereocenters. The van der Waals surface area contributed by atoms with Crippen LogP contribution in [0.15, 0.2) is 28.8 Å². The summed E-state index contributed by atoms with van der Waals surface area (Å²) in [5.41, 5.74) is 0.287. The Kier molecular flexibility index (Phi) is 5.52. The average molecular weight is 403 g/mol. The van der Waals surface area contributed by atoms with Gasteiger partial charge in [-0.15, -0.1) is 11.3 Å². The molecule has 0 unspecified atom stereocenters. The Morgan fingerprint density at radius 2 is 2.26 bits per heavy atom. The van der Waals surface area contributed by atoms with Crippen LogP contribution >= 0.6 is 23.6 Å². The van der Waals surface area contributed by atoms with E-state index >= 15 is 0 Å². The molecule has 140 valence electrons. The van der Waals surface area contributed by atoms with Gasteiger partial charge < -0.3 is 19.7 Å². The normalized spacial score (nSPS) is 14.4. The molecule has 0 saturated heterocycles. The van der Waals surface area contributed by atoms with Crippen molar-refractivity contribution in [2.75, 3.05) is 6.61 Å². The highest BCUT2D eigenvalue weighted by atomic mass is 32.1. The Labute approximate surface area is 163 Å². The fraction of sp³-hybridized carbons (Fsp3) is 0.222. The molecule has 2 heterocycles. The number of rotatable bonds is 6. The third kappa shape index (κ3) is 4.15. The van der Waals surface area contributed by atoms with E-state index in [0.29, 0.717) is 26.5 Å². The number of aromatic hydroxyl groups is 1. The van der Waals surface area contributed by atoms with Gasteiger partial charge in [0.2, 0.25) is 5.88 Å². The molecule has 0 bridgehead atoms. The predicted molar refractivity (Wildman–Crippen MR) is 100 cm³/mol. The van der Waals surface area contributed by atoms with E-state index in [2.05, 4.69) is 4.99 Å². The van der Waals surface area contributed by atoms with Gasteiger partial charge in [-0.25, -0.2) is 4.99 Å². The first-order valence-corrected chi connectivity index (χ1v) is 9.33. The molecule has 1 aliphatic heterocycles.